The van der Waals surface area contributed by atoms with Crippen molar-refractivity contribution in [2.45, 2.75) is 6.42 Å². The number of hydrogen-bond donors (Lipinski definition) is 2. The Kier molecular flexibility index (Phi) is 8.29. The molecule has 126 valence electrons. The van der Waals surface area contributed by atoms with Crippen molar-refractivity contribution in [1.82, 2.24) is 15.6 Å². The molecule has 1 aromatic heterocycles. The Bertz CT molecular complexity index is 629. The minimum atomic E-state index is 0. The van der Waals surface area contributed by atoms with Crippen LogP contribution in [0.3, 0.4) is 0 Å². The molecule has 3 rings (SSSR count). The number of carbonyl (C=O) groups excluding carboxylic acids is 1. The molecule has 0 unspecified atom stereocenters. The van der Waals surface area contributed by atoms with Gasteiger partial charge in [-0.05, 0) is 12.1 Å². The van der Waals surface area contributed by atoms with E-state index >= 15 is 0 Å². The first-order chi connectivity index (χ1) is 10.2. The van der Waals surface area contributed by atoms with Gasteiger partial charge in [0.2, 0.25) is 5.91 Å². The predicted octanol–water partition coefficient (Wildman–Crippen LogP) is 3.19. The van der Waals surface area contributed by atoms with Crippen LogP contribution in [-0.4, -0.2) is 30.5 Å². The Morgan fingerprint density at radius 1 is 1.30 bits per heavy atom. The highest BCUT2D eigenvalue weighted by atomic mass is 35.5. The Hall–Kier alpha value is -0.850. The van der Waals surface area contributed by atoms with Crippen molar-refractivity contribution < 1.29 is 4.79 Å². The van der Waals surface area contributed by atoms with Crippen molar-refractivity contribution in [2.75, 3.05) is 19.6 Å². The molecule has 1 fully saturated rings. The summed E-state index contributed by atoms with van der Waals surface area (Å²) in [7, 11) is 0. The molecule has 2 N–H and O–H groups in total. The summed E-state index contributed by atoms with van der Waals surface area (Å²) in [6.07, 6.45) is 0.338. The van der Waals surface area contributed by atoms with Crippen molar-refractivity contribution in [2.24, 2.45) is 5.92 Å². The second-order valence-corrected chi connectivity index (χ2v) is 6.45. The summed E-state index contributed by atoms with van der Waals surface area (Å²) in [6, 6.07) is 7.57. The number of carbonyl (C=O) groups is 1. The molecule has 4 nitrogen and oxygen atoms in total. The van der Waals surface area contributed by atoms with Gasteiger partial charge < -0.3 is 10.6 Å². The number of halogens is 3. The maximum absolute atomic E-state index is 11.9. The van der Waals surface area contributed by atoms with Crippen molar-refractivity contribution in [3.05, 3.63) is 40.4 Å². The first-order valence-corrected chi connectivity index (χ1v) is 8.14. The molecule has 1 saturated heterocycles. The second kappa shape index (κ2) is 9.45. The molecule has 1 aliphatic heterocycles. The van der Waals surface area contributed by atoms with Gasteiger partial charge in [-0.15, -0.1) is 36.2 Å². The average molecular weight is 395 g/mol. The van der Waals surface area contributed by atoms with Crippen LogP contribution in [0.15, 0.2) is 29.6 Å². The molecule has 0 saturated carbocycles. The van der Waals surface area contributed by atoms with Crippen LogP contribution in [-0.2, 0) is 11.2 Å². The third kappa shape index (κ3) is 5.62. The number of amides is 1. The number of hydrogen-bond acceptors (Lipinski definition) is 4. The van der Waals surface area contributed by atoms with Crippen LogP contribution in [0.2, 0.25) is 5.02 Å². The number of aromatic nitrogens is 1. The average Bonchev–Trinajstić information content (AvgIpc) is 2.86. The van der Waals surface area contributed by atoms with Crippen molar-refractivity contribution in [3.8, 4) is 10.6 Å². The Balaban J connectivity index is 0.00000132. The highest BCUT2D eigenvalue weighted by Crippen LogP contribution is 2.25. The van der Waals surface area contributed by atoms with Crippen LogP contribution in [0.1, 0.15) is 5.69 Å². The fourth-order valence-corrected chi connectivity index (χ4v) is 3.04. The third-order valence-electron chi connectivity index (χ3n) is 3.44. The number of thiazole rings is 1. The van der Waals surface area contributed by atoms with Gasteiger partial charge in [0, 0.05) is 41.5 Å². The molecule has 8 heteroatoms. The van der Waals surface area contributed by atoms with E-state index in [2.05, 4.69) is 15.6 Å². The fourth-order valence-electron chi connectivity index (χ4n) is 2.09. The number of nitrogens with zero attached hydrogens (tertiary/aromatic N) is 1. The summed E-state index contributed by atoms with van der Waals surface area (Å²) in [6.45, 7) is 2.75. The normalized spacial score (nSPS) is 13.4. The lowest BCUT2D eigenvalue weighted by atomic mass is 10.0. The van der Waals surface area contributed by atoms with Crippen molar-refractivity contribution in [3.63, 3.8) is 0 Å². The van der Waals surface area contributed by atoms with Crippen LogP contribution in [0.5, 0.6) is 0 Å². The van der Waals surface area contributed by atoms with Crippen LogP contribution < -0.4 is 10.6 Å². The van der Waals surface area contributed by atoms with Crippen LogP contribution in [0, 0.1) is 5.92 Å². The number of nitrogens with one attached hydrogen (secondary N) is 2. The third-order valence-corrected chi connectivity index (χ3v) is 4.63. The summed E-state index contributed by atoms with van der Waals surface area (Å²) < 4.78 is 0. The summed E-state index contributed by atoms with van der Waals surface area (Å²) in [5, 5.41) is 9.71. The maximum Gasteiger partial charge on any atom is 0.226 e. The van der Waals surface area contributed by atoms with E-state index in [0.29, 0.717) is 17.4 Å². The lowest BCUT2D eigenvalue weighted by Crippen LogP contribution is -2.48. The van der Waals surface area contributed by atoms with Gasteiger partial charge in [-0.1, -0.05) is 23.7 Å². The van der Waals surface area contributed by atoms with Gasteiger partial charge in [-0.3, -0.25) is 4.79 Å². The Morgan fingerprint density at radius 2 is 2.00 bits per heavy atom. The van der Waals surface area contributed by atoms with Crippen molar-refractivity contribution in [1.29, 1.82) is 0 Å². The van der Waals surface area contributed by atoms with E-state index in [1.807, 2.05) is 29.6 Å². The van der Waals surface area contributed by atoms with Gasteiger partial charge in [-0.2, -0.15) is 0 Å². The topological polar surface area (TPSA) is 54.0 Å². The quantitative estimate of drug-likeness (QED) is 0.819. The van der Waals surface area contributed by atoms with Crippen LogP contribution in [0.25, 0.3) is 10.6 Å². The molecule has 1 aromatic carbocycles. The summed E-state index contributed by atoms with van der Waals surface area (Å²) in [5.74, 6) is 0.615. The van der Waals surface area contributed by atoms with Crippen LogP contribution in [0.4, 0.5) is 0 Å². The fraction of sp³-hybridized carbons (Fsp3) is 0.333. The SMILES string of the molecule is Cl.Cl.O=C(Cc1csc(-c2ccc(Cl)cc2)n1)NCC1CNC1. The molecule has 23 heavy (non-hydrogen) atoms. The molecule has 0 bridgehead atoms. The minimum absolute atomic E-state index is 0. The molecule has 0 atom stereocenters. The minimum Gasteiger partial charge on any atom is -0.355 e. The highest BCUT2D eigenvalue weighted by molar-refractivity contribution is 7.13. The van der Waals surface area contributed by atoms with Gasteiger partial charge in [0.15, 0.2) is 0 Å². The van der Waals surface area contributed by atoms with E-state index in [1.54, 1.807) is 11.3 Å². The lowest BCUT2D eigenvalue weighted by molar-refractivity contribution is -0.120. The maximum atomic E-state index is 11.9. The smallest absolute Gasteiger partial charge is 0.226 e. The zero-order valence-corrected chi connectivity index (χ0v) is 15.5. The van der Waals surface area contributed by atoms with E-state index in [0.717, 1.165) is 35.9 Å². The van der Waals surface area contributed by atoms with E-state index in [-0.39, 0.29) is 30.7 Å². The molecule has 0 spiro atoms. The number of rotatable bonds is 5. The standard InChI is InChI=1S/C15H16ClN3OS.2ClH/c16-12-3-1-11(2-4-12)15-19-13(9-21-15)5-14(20)18-8-10-6-17-7-10;;/h1-4,9-10,17H,5-8H2,(H,18,20);2*1H. The molecule has 1 aliphatic rings. The number of benzene rings is 1. The second-order valence-electron chi connectivity index (χ2n) is 5.16. The first kappa shape index (κ1) is 20.2. The molecule has 1 amide bonds. The summed E-state index contributed by atoms with van der Waals surface area (Å²) in [4.78, 5) is 16.4. The van der Waals surface area contributed by atoms with Gasteiger partial charge in [0.25, 0.3) is 0 Å². The molecule has 0 radical (unpaired) electrons. The van der Waals surface area contributed by atoms with Gasteiger partial charge in [0.05, 0.1) is 12.1 Å². The lowest BCUT2D eigenvalue weighted by Gasteiger charge is -2.26. The highest BCUT2D eigenvalue weighted by Gasteiger charge is 2.17. The van der Waals surface area contributed by atoms with Gasteiger partial charge in [0.1, 0.15) is 5.01 Å². The molecular formula is C15H18Cl3N3OS. The van der Waals surface area contributed by atoms with Crippen molar-refractivity contribution >= 4 is 53.7 Å². The molecule has 2 heterocycles. The first-order valence-electron chi connectivity index (χ1n) is 6.88. The zero-order valence-electron chi connectivity index (χ0n) is 12.3. The van der Waals surface area contributed by atoms with E-state index in [9.17, 15) is 4.79 Å². The largest absolute Gasteiger partial charge is 0.355 e. The Morgan fingerprint density at radius 3 is 2.61 bits per heavy atom. The predicted molar refractivity (Wildman–Crippen MR) is 100 cm³/mol. The van der Waals surface area contributed by atoms with Gasteiger partial charge in [-0.25, -0.2) is 4.98 Å². The van der Waals surface area contributed by atoms with Crippen LogP contribution >= 0.6 is 47.8 Å². The molecule has 0 aliphatic carbocycles. The molecule has 2 aromatic rings. The van der Waals surface area contributed by atoms with E-state index < -0.39 is 0 Å². The monoisotopic (exact) mass is 393 g/mol. The summed E-state index contributed by atoms with van der Waals surface area (Å²) >= 11 is 7.42. The van der Waals surface area contributed by atoms with Gasteiger partial charge >= 0.3 is 0 Å². The summed E-state index contributed by atoms with van der Waals surface area (Å²) in [5.41, 5.74) is 1.84. The zero-order chi connectivity index (χ0) is 14.7. The van der Waals surface area contributed by atoms with E-state index in [1.165, 1.54) is 0 Å². The Labute approximate surface area is 156 Å². The van der Waals surface area contributed by atoms with E-state index in [4.69, 9.17) is 11.6 Å². The molecular weight excluding hydrogens is 377 g/mol.